The van der Waals surface area contributed by atoms with Crippen molar-refractivity contribution in [1.29, 1.82) is 0 Å². The van der Waals surface area contributed by atoms with Crippen LogP contribution < -0.4 is 0 Å². The molecule has 0 aliphatic carbocycles. The molecule has 6 nitrogen and oxygen atoms in total. The standard InChI is InChI=1S/C9H20O5Si.CH4O/c1-5-9(14-7-8-6-13-8)15(10-2,11-3)12-4;1-2/h8-9H,5-7H2,1-4H3;2H,1H3. The fraction of sp³-hybridized carbons (Fsp3) is 1.00. The van der Waals surface area contributed by atoms with E-state index in [4.69, 9.17) is 27.9 Å². The van der Waals surface area contributed by atoms with Gasteiger partial charge in [-0.3, -0.25) is 0 Å². The van der Waals surface area contributed by atoms with E-state index in [0.29, 0.717) is 6.61 Å². The SMILES string of the molecule is CCC(OCC1CO1)[Si](OC)(OC)OC.CO. The van der Waals surface area contributed by atoms with Crippen LogP contribution in [0.4, 0.5) is 0 Å². The van der Waals surface area contributed by atoms with Gasteiger partial charge in [0.2, 0.25) is 0 Å². The zero-order valence-corrected chi connectivity index (χ0v) is 12.3. The fourth-order valence-corrected chi connectivity index (χ4v) is 3.59. The topological polar surface area (TPSA) is 69.7 Å². The molecule has 0 radical (unpaired) electrons. The number of rotatable bonds is 8. The summed E-state index contributed by atoms with van der Waals surface area (Å²) in [6.45, 7) is 3.40. The molecule has 7 heteroatoms. The second-order valence-corrected chi connectivity index (χ2v) is 6.48. The van der Waals surface area contributed by atoms with Gasteiger partial charge in [-0.1, -0.05) is 6.92 Å². The molecule has 1 rings (SSSR count). The lowest BCUT2D eigenvalue weighted by molar-refractivity contribution is 0.00651. The van der Waals surface area contributed by atoms with E-state index in [2.05, 4.69) is 0 Å². The van der Waals surface area contributed by atoms with Gasteiger partial charge in [0.15, 0.2) is 0 Å². The fourth-order valence-electron chi connectivity index (χ4n) is 1.50. The van der Waals surface area contributed by atoms with Crippen LogP contribution in [0.2, 0.25) is 0 Å². The predicted octanol–water partition coefficient (Wildman–Crippen LogP) is 0.206. The summed E-state index contributed by atoms with van der Waals surface area (Å²) in [7, 11) is 3.12. The van der Waals surface area contributed by atoms with Crippen LogP contribution in [0, 0.1) is 0 Å². The van der Waals surface area contributed by atoms with Crippen LogP contribution in [0.5, 0.6) is 0 Å². The van der Waals surface area contributed by atoms with Crippen molar-refractivity contribution >= 4 is 8.80 Å². The minimum Gasteiger partial charge on any atom is -0.400 e. The third-order valence-electron chi connectivity index (χ3n) is 2.50. The lowest BCUT2D eigenvalue weighted by Gasteiger charge is -2.31. The molecular formula is C10H24O6Si. The Morgan fingerprint density at radius 2 is 1.71 bits per heavy atom. The molecule has 1 heterocycles. The lowest BCUT2D eigenvalue weighted by atomic mass is 10.5. The van der Waals surface area contributed by atoms with Crippen LogP contribution in [0.1, 0.15) is 13.3 Å². The lowest BCUT2D eigenvalue weighted by Crippen LogP contribution is -2.55. The van der Waals surface area contributed by atoms with Crippen molar-refractivity contribution in [3.05, 3.63) is 0 Å². The molecule has 0 saturated carbocycles. The van der Waals surface area contributed by atoms with Crippen molar-refractivity contribution in [2.24, 2.45) is 0 Å². The van der Waals surface area contributed by atoms with E-state index in [0.717, 1.165) is 20.1 Å². The maximum atomic E-state index is 7.00. The molecule has 104 valence electrons. The van der Waals surface area contributed by atoms with Crippen LogP contribution in [0.25, 0.3) is 0 Å². The smallest absolute Gasteiger partial charge is 0.400 e. The number of aliphatic hydroxyl groups excluding tert-OH is 1. The highest BCUT2D eigenvalue weighted by Crippen LogP contribution is 2.20. The van der Waals surface area contributed by atoms with Gasteiger partial charge in [-0.2, -0.15) is 0 Å². The van der Waals surface area contributed by atoms with Crippen molar-refractivity contribution in [3.8, 4) is 0 Å². The Hall–Kier alpha value is -0.0231. The van der Waals surface area contributed by atoms with E-state index >= 15 is 0 Å². The van der Waals surface area contributed by atoms with Crippen LogP contribution in [0.3, 0.4) is 0 Å². The molecule has 0 aromatic rings. The van der Waals surface area contributed by atoms with E-state index in [1.54, 1.807) is 21.3 Å². The molecule has 0 aromatic heterocycles. The summed E-state index contributed by atoms with van der Waals surface area (Å²) in [5.74, 6) is 0. The second-order valence-electron chi connectivity index (χ2n) is 3.40. The third-order valence-corrected chi connectivity index (χ3v) is 5.58. The molecule has 1 saturated heterocycles. The Morgan fingerprint density at radius 1 is 1.24 bits per heavy atom. The van der Waals surface area contributed by atoms with Crippen molar-refractivity contribution in [2.45, 2.75) is 25.2 Å². The molecule has 0 amide bonds. The Labute approximate surface area is 104 Å². The average Bonchev–Trinajstić information content (AvgIpc) is 3.21. The van der Waals surface area contributed by atoms with Gasteiger partial charge in [-0.15, -0.1) is 0 Å². The second kappa shape index (κ2) is 8.98. The number of ether oxygens (including phenoxy) is 2. The quantitative estimate of drug-likeness (QED) is 0.501. The van der Waals surface area contributed by atoms with E-state index in [1.165, 1.54) is 0 Å². The van der Waals surface area contributed by atoms with Crippen molar-refractivity contribution in [2.75, 3.05) is 41.7 Å². The average molecular weight is 268 g/mol. The summed E-state index contributed by atoms with van der Waals surface area (Å²) in [5, 5.41) is 7.00. The number of epoxide rings is 1. The highest BCUT2D eigenvalue weighted by molar-refractivity contribution is 6.62. The Balaban J connectivity index is 0.00000121. The van der Waals surface area contributed by atoms with Crippen molar-refractivity contribution < 1.29 is 27.9 Å². The van der Waals surface area contributed by atoms with E-state index in [9.17, 15) is 0 Å². The monoisotopic (exact) mass is 268 g/mol. The van der Waals surface area contributed by atoms with E-state index in [1.807, 2.05) is 6.92 Å². The highest BCUT2D eigenvalue weighted by atomic mass is 28.4. The van der Waals surface area contributed by atoms with Crippen LogP contribution >= 0.6 is 0 Å². The summed E-state index contributed by atoms with van der Waals surface area (Å²) in [6.07, 6.45) is 1.05. The molecule has 1 N–H and O–H groups in total. The van der Waals surface area contributed by atoms with Crippen LogP contribution in [-0.2, 0) is 22.8 Å². The van der Waals surface area contributed by atoms with Gasteiger partial charge in [0.25, 0.3) is 0 Å². The van der Waals surface area contributed by atoms with Crippen molar-refractivity contribution in [3.63, 3.8) is 0 Å². The van der Waals surface area contributed by atoms with Gasteiger partial charge in [-0.25, -0.2) is 0 Å². The normalized spacial score (nSPS) is 20.5. The summed E-state index contributed by atoms with van der Waals surface area (Å²) >= 11 is 0. The van der Waals surface area contributed by atoms with Crippen LogP contribution in [-0.4, -0.2) is 67.4 Å². The van der Waals surface area contributed by atoms with Gasteiger partial charge in [0, 0.05) is 28.4 Å². The summed E-state index contributed by atoms with van der Waals surface area (Å²) in [4.78, 5) is 0. The molecule has 2 atom stereocenters. The number of aliphatic hydroxyl groups is 1. The number of hydrogen-bond donors (Lipinski definition) is 1. The minimum absolute atomic E-state index is 0.123. The molecule has 1 fully saturated rings. The maximum absolute atomic E-state index is 7.00. The predicted molar refractivity (Wildman–Crippen MR) is 64.7 cm³/mol. The molecule has 0 aromatic carbocycles. The maximum Gasteiger partial charge on any atom is 0.530 e. The van der Waals surface area contributed by atoms with Crippen LogP contribution in [0.15, 0.2) is 0 Å². The zero-order valence-electron chi connectivity index (χ0n) is 11.3. The van der Waals surface area contributed by atoms with E-state index < -0.39 is 8.80 Å². The van der Waals surface area contributed by atoms with Gasteiger partial charge in [0.05, 0.1) is 13.2 Å². The first-order chi connectivity index (χ1) is 8.22. The molecule has 0 spiro atoms. The van der Waals surface area contributed by atoms with Gasteiger partial charge >= 0.3 is 8.80 Å². The highest BCUT2D eigenvalue weighted by Gasteiger charge is 2.48. The molecule has 1 aliphatic rings. The molecule has 17 heavy (non-hydrogen) atoms. The summed E-state index contributed by atoms with van der Waals surface area (Å²) in [6, 6.07) is 0. The first kappa shape index (κ1) is 17.0. The van der Waals surface area contributed by atoms with Gasteiger partial charge < -0.3 is 27.9 Å². The first-order valence-corrected chi connectivity index (χ1v) is 7.36. The Kier molecular flexibility index (Phi) is 8.97. The zero-order chi connectivity index (χ0) is 13.3. The molecule has 2 unspecified atom stereocenters. The molecule has 1 aliphatic heterocycles. The number of hydrogen-bond acceptors (Lipinski definition) is 6. The summed E-state index contributed by atoms with van der Waals surface area (Å²) < 4.78 is 26.9. The van der Waals surface area contributed by atoms with Gasteiger partial charge in [-0.05, 0) is 6.42 Å². The Bertz CT molecular complexity index is 175. The molecule has 0 bridgehead atoms. The Morgan fingerprint density at radius 3 is 2.00 bits per heavy atom. The molecular weight excluding hydrogens is 244 g/mol. The first-order valence-electron chi connectivity index (χ1n) is 5.55. The third kappa shape index (κ3) is 5.00. The van der Waals surface area contributed by atoms with Gasteiger partial charge in [0.1, 0.15) is 11.8 Å². The minimum atomic E-state index is -2.66. The largest absolute Gasteiger partial charge is 0.530 e. The van der Waals surface area contributed by atoms with E-state index in [-0.39, 0.29) is 11.8 Å². The summed E-state index contributed by atoms with van der Waals surface area (Å²) in [5.41, 5.74) is -0.123. The van der Waals surface area contributed by atoms with Crippen molar-refractivity contribution in [1.82, 2.24) is 0 Å².